The van der Waals surface area contributed by atoms with Gasteiger partial charge in [-0.05, 0) is 96.3 Å². The standard InChI is InChI=1S/C45H47F2N3O3/c1-3-5-6-13-31(4-2)37-25-34(48-40-16-8-7-15-36(37)40)29-53-35-18-20-42-41(26-35)49-43(27-45(44(51)52)21-9-10-22-45)50(42)28-30-12-11-14-32(23-30)33-17-19-38(46)39(47)24-33/h7-8,11-12,14-20,23-26,31H,3-6,9-10,13,21-22,27-29H2,1-2H3,(H,51,52). The quantitative estimate of drug-likeness (QED) is 0.107. The molecule has 6 aromatic rings. The van der Waals surface area contributed by atoms with Crippen LogP contribution >= 0.6 is 0 Å². The van der Waals surface area contributed by atoms with Crippen LogP contribution in [0.15, 0.2) is 91.0 Å². The highest BCUT2D eigenvalue weighted by Crippen LogP contribution is 2.42. The van der Waals surface area contributed by atoms with E-state index in [2.05, 4.69) is 42.7 Å². The molecule has 4 aromatic carbocycles. The molecule has 0 spiro atoms. The van der Waals surface area contributed by atoms with E-state index in [1.165, 1.54) is 36.3 Å². The van der Waals surface area contributed by atoms with Gasteiger partial charge in [-0.2, -0.15) is 0 Å². The van der Waals surface area contributed by atoms with Gasteiger partial charge in [-0.1, -0.05) is 88.4 Å². The normalized spacial score (nSPS) is 14.6. The Balaban J connectivity index is 1.20. The highest BCUT2D eigenvalue weighted by atomic mass is 19.2. The summed E-state index contributed by atoms with van der Waals surface area (Å²) in [5.74, 6) is -0.741. The minimum atomic E-state index is -0.895. The van der Waals surface area contributed by atoms with Gasteiger partial charge in [-0.15, -0.1) is 0 Å². The number of halogens is 2. The van der Waals surface area contributed by atoms with Crippen LogP contribution in [0.25, 0.3) is 33.1 Å². The van der Waals surface area contributed by atoms with Crippen molar-refractivity contribution >= 4 is 27.9 Å². The predicted octanol–water partition coefficient (Wildman–Crippen LogP) is 11.4. The van der Waals surface area contributed by atoms with E-state index in [-0.39, 0.29) is 0 Å². The number of carbonyl (C=O) groups is 1. The maximum Gasteiger partial charge on any atom is 0.310 e. The van der Waals surface area contributed by atoms with E-state index in [1.807, 2.05) is 48.5 Å². The molecule has 8 heteroatoms. The summed E-state index contributed by atoms with van der Waals surface area (Å²) in [6.07, 6.45) is 9.16. The summed E-state index contributed by atoms with van der Waals surface area (Å²) in [7, 11) is 0. The van der Waals surface area contributed by atoms with Crippen LogP contribution in [0.3, 0.4) is 0 Å². The van der Waals surface area contributed by atoms with E-state index >= 15 is 0 Å². The van der Waals surface area contributed by atoms with Crippen molar-refractivity contribution in [3.8, 4) is 16.9 Å². The van der Waals surface area contributed by atoms with Gasteiger partial charge in [0.2, 0.25) is 0 Å². The van der Waals surface area contributed by atoms with Crippen LogP contribution in [0.5, 0.6) is 5.75 Å². The van der Waals surface area contributed by atoms with Gasteiger partial charge in [0.1, 0.15) is 18.2 Å². The van der Waals surface area contributed by atoms with Gasteiger partial charge in [0, 0.05) is 24.4 Å². The van der Waals surface area contributed by atoms with Crippen molar-refractivity contribution in [2.75, 3.05) is 0 Å². The van der Waals surface area contributed by atoms with Gasteiger partial charge in [0.05, 0.1) is 27.7 Å². The van der Waals surface area contributed by atoms with Crippen LogP contribution < -0.4 is 4.74 Å². The lowest BCUT2D eigenvalue weighted by molar-refractivity contribution is -0.148. The first-order valence-corrected chi connectivity index (χ1v) is 19.0. The molecule has 0 bridgehead atoms. The Hall–Kier alpha value is -5.11. The minimum Gasteiger partial charge on any atom is -0.487 e. The number of hydrogen-bond donors (Lipinski definition) is 1. The molecule has 1 saturated carbocycles. The maximum absolute atomic E-state index is 14.1. The lowest BCUT2D eigenvalue weighted by Gasteiger charge is -2.24. The van der Waals surface area contributed by atoms with Gasteiger partial charge in [0.25, 0.3) is 0 Å². The summed E-state index contributed by atoms with van der Waals surface area (Å²) in [5.41, 5.74) is 6.19. The van der Waals surface area contributed by atoms with Crippen molar-refractivity contribution < 1.29 is 23.4 Å². The smallest absolute Gasteiger partial charge is 0.310 e. The lowest BCUT2D eigenvalue weighted by atomic mass is 9.82. The molecule has 1 N–H and O–H groups in total. The van der Waals surface area contributed by atoms with Gasteiger partial charge in [-0.3, -0.25) is 4.79 Å². The molecule has 0 radical (unpaired) electrons. The Kier molecular flexibility index (Phi) is 10.9. The van der Waals surface area contributed by atoms with E-state index in [1.54, 1.807) is 6.07 Å². The Morgan fingerprint density at radius 3 is 2.45 bits per heavy atom. The van der Waals surface area contributed by atoms with Crippen LogP contribution in [0.2, 0.25) is 0 Å². The second kappa shape index (κ2) is 15.9. The van der Waals surface area contributed by atoms with Gasteiger partial charge in [-0.25, -0.2) is 18.7 Å². The van der Waals surface area contributed by atoms with Crippen molar-refractivity contribution in [2.24, 2.45) is 5.41 Å². The molecule has 274 valence electrons. The summed E-state index contributed by atoms with van der Waals surface area (Å²) in [6, 6.07) is 28.0. The third-order valence-corrected chi connectivity index (χ3v) is 11.1. The molecule has 0 amide bonds. The fraction of sp³-hybridized carbons (Fsp3) is 0.356. The predicted molar refractivity (Wildman–Crippen MR) is 206 cm³/mol. The molecule has 2 aromatic heterocycles. The number of nitrogens with zero attached hydrogens (tertiary/aromatic N) is 3. The number of fused-ring (bicyclic) bond motifs is 2. The summed E-state index contributed by atoms with van der Waals surface area (Å²) in [4.78, 5) is 22.7. The molecule has 0 aliphatic heterocycles. The van der Waals surface area contributed by atoms with Crippen LogP contribution in [-0.2, 0) is 24.4 Å². The topological polar surface area (TPSA) is 77.2 Å². The molecule has 2 heterocycles. The third kappa shape index (κ3) is 7.82. The van der Waals surface area contributed by atoms with Crippen LogP contribution in [0.1, 0.15) is 100 Å². The SMILES string of the molecule is CCCCCC(CC)c1cc(COc2ccc3c(c2)nc(CC2(C(=O)O)CCCC2)n3Cc2cccc(-c3ccc(F)c(F)c3)c2)nc2ccccc12. The van der Waals surface area contributed by atoms with E-state index < -0.39 is 23.0 Å². The highest BCUT2D eigenvalue weighted by Gasteiger charge is 2.42. The summed E-state index contributed by atoms with van der Waals surface area (Å²) < 4.78 is 36.3. The monoisotopic (exact) mass is 715 g/mol. The fourth-order valence-corrected chi connectivity index (χ4v) is 8.14. The summed E-state index contributed by atoms with van der Waals surface area (Å²) >= 11 is 0. The number of pyridine rings is 1. The van der Waals surface area contributed by atoms with E-state index in [0.717, 1.165) is 65.1 Å². The van der Waals surface area contributed by atoms with Gasteiger partial charge in [0.15, 0.2) is 11.6 Å². The van der Waals surface area contributed by atoms with Crippen LogP contribution in [-0.4, -0.2) is 25.6 Å². The first-order valence-electron chi connectivity index (χ1n) is 19.0. The number of rotatable bonds is 15. The molecular formula is C45H47F2N3O3. The molecule has 1 fully saturated rings. The molecule has 53 heavy (non-hydrogen) atoms. The first kappa shape index (κ1) is 36.3. The molecular weight excluding hydrogens is 669 g/mol. The number of unbranched alkanes of at least 4 members (excludes halogenated alkanes) is 2. The summed E-state index contributed by atoms with van der Waals surface area (Å²) in [5, 5.41) is 11.6. The number of aromatic nitrogens is 3. The number of carboxylic acids is 1. The number of hydrogen-bond acceptors (Lipinski definition) is 4. The lowest BCUT2D eigenvalue weighted by Crippen LogP contribution is -2.31. The zero-order chi connectivity index (χ0) is 37.0. The average molecular weight is 716 g/mol. The molecule has 1 aliphatic carbocycles. The van der Waals surface area contributed by atoms with Crippen molar-refractivity contribution in [2.45, 2.75) is 97.1 Å². The van der Waals surface area contributed by atoms with Crippen molar-refractivity contribution in [3.63, 3.8) is 0 Å². The average Bonchev–Trinajstić information content (AvgIpc) is 3.78. The molecule has 1 aliphatic rings. The number of aliphatic carboxylic acids is 1. The Labute approximate surface area is 309 Å². The molecule has 1 atom stereocenters. The number of carboxylic acid groups (broad SMARTS) is 1. The zero-order valence-electron chi connectivity index (χ0n) is 30.6. The van der Waals surface area contributed by atoms with E-state index in [0.29, 0.717) is 55.5 Å². The zero-order valence-corrected chi connectivity index (χ0v) is 30.6. The van der Waals surface area contributed by atoms with E-state index in [9.17, 15) is 18.7 Å². The second-order valence-corrected chi connectivity index (χ2v) is 14.7. The van der Waals surface area contributed by atoms with Crippen LogP contribution in [0, 0.1) is 17.0 Å². The largest absolute Gasteiger partial charge is 0.487 e. The fourth-order valence-electron chi connectivity index (χ4n) is 8.14. The minimum absolute atomic E-state index is 0.307. The second-order valence-electron chi connectivity index (χ2n) is 14.7. The first-order chi connectivity index (χ1) is 25.8. The number of para-hydroxylation sites is 1. The highest BCUT2D eigenvalue weighted by molar-refractivity contribution is 5.83. The summed E-state index contributed by atoms with van der Waals surface area (Å²) in [6.45, 7) is 5.24. The van der Waals surface area contributed by atoms with Crippen molar-refractivity contribution in [1.29, 1.82) is 0 Å². The van der Waals surface area contributed by atoms with E-state index in [4.69, 9.17) is 14.7 Å². The number of ether oxygens (including phenoxy) is 1. The molecule has 0 saturated heterocycles. The molecule has 1 unspecified atom stereocenters. The molecule has 7 rings (SSSR count). The number of benzene rings is 4. The van der Waals surface area contributed by atoms with Crippen LogP contribution in [0.4, 0.5) is 8.78 Å². The molecule has 6 nitrogen and oxygen atoms in total. The maximum atomic E-state index is 14.1. The Morgan fingerprint density at radius 1 is 0.868 bits per heavy atom. The van der Waals surface area contributed by atoms with Gasteiger partial charge >= 0.3 is 5.97 Å². The van der Waals surface area contributed by atoms with Gasteiger partial charge < -0.3 is 14.4 Å². The third-order valence-electron chi connectivity index (χ3n) is 11.1. The Morgan fingerprint density at radius 2 is 1.68 bits per heavy atom. The van der Waals surface area contributed by atoms with Crippen molar-refractivity contribution in [3.05, 3.63) is 125 Å². The number of imidazole rings is 1. The Bertz CT molecular complexity index is 2240. The van der Waals surface area contributed by atoms with Crippen molar-refractivity contribution in [1.82, 2.24) is 14.5 Å².